The van der Waals surface area contributed by atoms with E-state index in [4.69, 9.17) is 16.3 Å². The van der Waals surface area contributed by atoms with E-state index in [-0.39, 0.29) is 0 Å². The molecule has 5 nitrogen and oxygen atoms in total. The third kappa shape index (κ3) is 6.06. The van der Waals surface area contributed by atoms with E-state index >= 15 is 0 Å². The van der Waals surface area contributed by atoms with Crippen molar-refractivity contribution in [3.8, 4) is 17.1 Å². The van der Waals surface area contributed by atoms with E-state index in [0.717, 1.165) is 29.9 Å². The molecule has 144 valence electrons. The van der Waals surface area contributed by atoms with Crippen molar-refractivity contribution >= 4 is 23.6 Å². The molecule has 0 saturated heterocycles. The van der Waals surface area contributed by atoms with Gasteiger partial charge in [0.05, 0.1) is 12.8 Å². The fraction of sp³-hybridized carbons (Fsp3) is 0.227. The first-order valence-electron chi connectivity index (χ1n) is 9.36. The molecule has 3 rings (SSSR count). The van der Waals surface area contributed by atoms with Crippen LogP contribution in [0.5, 0.6) is 5.75 Å². The zero-order valence-electron chi connectivity index (χ0n) is 15.8. The maximum Gasteiger partial charge on any atom is 0.163 e. The topological polar surface area (TPSA) is 59.4 Å². The fourth-order valence-corrected chi connectivity index (χ4v) is 2.74. The Bertz CT molecular complexity index is 898. The summed E-state index contributed by atoms with van der Waals surface area (Å²) in [6, 6.07) is 19.1. The maximum atomic E-state index is 6.12. The quantitative estimate of drug-likeness (QED) is 0.215. The van der Waals surface area contributed by atoms with E-state index in [1.807, 2.05) is 54.6 Å². The molecule has 0 aliphatic rings. The number of unbranched alkanes of at least 4 members (excludes halogenated alkanes) is 2. The van der Waals surface area contributed by atoms with Gasteiger partial charge in [0.1, 0.15) is 10.9 Å². The monoisotopic (exact) mass is 394 g/mol. The second kappa shape index (κ2) is 10.4. The summed E-state index contributed by atoms with van der Waals surface area (Å²) in [4.78, 5) is 8.72. The number of benzene rings is 2. The molecule has 0 atom stereocenters. The highest BCUT2D eigenvalue weighted by Gasteiger charge is 2.05. The summed E-state index contributed by atoms with van der Waals surface area (Å²) in [6.45, 7) is 2.93. The number of rotatable bonds is 9. The SMILES string of the molecule is CCCCCOc1ccc(/C=N/Nc2cc(Cl)nc(-c3ccccc3)n2)cc1. The molecule has 1 N–H and O–H groups in total. The van der Waals surface area contributed by atoms with Crippen LogP contribution in [0.2, 0.25) is 5.15 Å². The molecule has 0 aliphatic carbocycles. The van der Waals surface area contributed by atoms with Crippen molar-refractivity contribution in [2.75, 3.05) is 12.0 Å². The molecule has 0 radical (unpaired) electrons. The summed E-state index contributed by atoms with van der Waals surface area (Å²) >= 11 is 6.12. The van der Waals surface area contributed by atoms with Crippen LogP contribution < -0.4 is 10.2 Å². The predicted molar refractivity (Wildman–Crippen MR) is 115 cm³/mol. The van der Waals surface area contributed by atoms with Gasteiger partial charge in [-0.3, -0.25) is 5.43 Å². The van der Waals surface area contributed by atoms with E-state index in [0.29, 0.717) is 16.8 Å². The van der Waals surface area contributed by atoms with E-state index in [1.54, 1.807) is 12.3 Å². The highest BCUT2D eigenvalue weighted by atomic mass is 35.5. The summed E-state index contributed by atoms with van der Waals surface area (Å²) in [5.74, 6) is 1.96. The van der Waals surface area contributed by atoms with Crippen LogP contribution in [0.4, 0.5) is 5.82 Å². The molecule has 0 spiro atoms. The Morgan fingerprint density at radius 2 is 1.82 bits per heavy atom. The second-order valence-electron chi connectivity index (χ2n) is 6.26. The van der Waals surface area contributed by atoms with Crippen molar-refractivity contribution in [1.82, 2.24) is 9.97 Å². The summed E-state index contributed by atoms with van der Waals surface area (Å²) in [5.41, 5.74) is 4.76. The van der Waals surface area contributed by atoms with Crippen molar-refractivity contribution in [2.24, 2.45) is 5.10 Å². The summed E-state index contributed by atoms with van der Waals surface area (Å²) in [5, 5.41) is 4.60. The number of hydrogen-bond acceptors (Lipinski definition) is 5. The summed E-state index contributed by atoms with van der Waals surface area (Å²) in [6.07, 6.45) is 5.18. The predicted octanol–water partition coefficient (Wildman–Crippen LogP) is 5.81. The molecule has 0 saturated carbocycles. The van der Waals surface area contributed by atoms with Gasteiger partial charge in [-0.15, -0.1) is 0 Å². The van der Waals surface area contributed by atoms with Crippen LogP contribution in [0.25, 0.3) is 11.4 Å². The van der Waals surface area contributed by atoms with E-state index < -0.39 is 0 Å². The standard InChI is InChI=1S/C22H23ClN4O/c1-2-3-7-14-28-19-12-10-17(11-13-19)16-24-27-21-15-20(23)25-22(26-21)18-8-5-4-6-9-18/h4-6,8-13,15-16H,2-3,7,14H2,1H3,(H,25,26,27)/b24-16+. The van der Waals surface area contributed by atoms with Gasteiger partial charge in [-0.1, -0.05) is 61.7 Å². The van der Waals surface area contributed by atoms with Gasteiger partial charge >= 0.3 is 0 Å². The van der Waals surface area contributed by atoms with Gasteiger partial charge in [0.15, 0.2) is 11.6 Å². The zero-order valence-corrected chi connectivity index (χ0v) is 16.6. The van der Waals surface area contributed by atoms with Gasteiger partial charge in [-0.2, -0.15) is 5.10 Å². The molecule has 0 bridgehead atoms. The first-order chi connectivity index (χ1) is 13.7. The van der Waals surface area contributed by atoms with Crippen LogP contribution in [-0.4, -0.2) is 22.8 Å². The fourth-order valence-electron chi connectivity index (χ4n) is 2.56. The van der Waals surface area contributed by atoms with Crippen LogP contribution in [0.1, 0.15) is 31.7 Å². The average Bonchev–Trinajstić information content (AvgIpc) is 2.73. The van der Waals surface area contributed by atoms with Crippen molar-refractivity contribution in [3.05, 3.63) is 71.4 Å². The maximum absolute atomic E-state index is 6.12. The highest BCUT2D eigenvalue weighted by Crippen LogP contribution is 2.20. The van der Waals surface area contributed by atoms with Crippen molar-refractivity contribution in [3.63, 3.8) is 0 Å². The van der Waals surface area contributed by atoms with Gasteiger partial charge in [0.2, 0.25) is 0 Å². The Labute approximate surface area is 170 Å². The van der Waals surface area contributed by atoms with Gasteiger partial charge in [-0.25, -0.2) is 9.97 Å². The Hall–Kier alpha value is -2.92. The minimum absolute atomic E-state index is 0.358. The third-order valence-electron chi connectivity index (χ3n) is 4.02. The molecule has 6 heteroatoms. The lowest BCUT2D eigenvalue weighted by molar-refractivity contribution is 0.306. The number of halogens is 1. The zero-order chi connectivity index (χ0) is 19.6. The van der Waals surface area contributed by atoms with Crippen molar-refractivity contribution < 1.29 is 4.74 Å². The first kappa shape index (κ1) is 19.8. The van der Waals surface area contributed by atoms with Crippen LogP contribution >= 0.6 is 11.6 Å². The molecule has 0 amide bonds. The van der Waals surface area contributed by atoms with Crippen molar-refractivity contribution in [1.29, 1.82) is 0 Å². The van der Waals surface area contributed by atoms with Gasteiger partial charge in [0, 0.05) is 11.6 Å². The Morgan fingerprint density at radius 3 is 2.57 bits per heavy atom. The Kier molecular flexibility index (Phi) is 7.38. The molecule has 1 aromatic heterocycles. The number of hydrogen-bond donors (Lipinski definition) is 1. The number of hydrazone groups is 1. The molecule has 0 unspecified atom stereocenters. The number of nitrogens with zero attached hydrogens (tertiary/aromatic N) is 3. The minimum Gasteiger partial charge on any atom is -0.494 e. The summed E-state index contributed by atoms with van der Waals surface area (Å²) in [7, 11) is 0. The number of nitrogens with one attached hydrogen (secondary N) is 1. The molecule has 28 heavy (non-hydrogen) atoms. The largest absolute Gasteiger partial charge is 0.494 e. The minimum atomic E-state index is 0.358. The first-order valence-corrected chi connectivity index (χ1v) is 9.74. The highest BCUT2D eigenvalue weighted by molar-refractivity contribution is 6.29. The van der Waals surface area contributed by atoms with Crippen LogP contribution in [0.15, 0.2) is 65.8 Å². The van der Waals surface area contributed by atoms with Crippen LogP contribution in [0.3, 0.4) is 0 Å². The van der Waals surface area contributed by atoms with Gasteiger partial charge in [-0.05, 0) is 36.2 Å². The molecule has 0 aliphatic heterocycles. The number of ether oxygens (including phenoxy) is 1. The van der Waals surface area contributed by atoms with Crippen LogP contribution in [0, 0.1) is 0 Å². The lowest BCUT2D eigenvalue weighted by atomic mass is 10.2. The van der Waals surface area contributed by atoms with E-state index in [2.05, 4.69) is 27.4 Å². The molecule has 1 heterocycles. The smallest absolute Gasteiger partial charge is 0.163 e. The lowest BCUT2D eigenvalue weighted by Crippen LogP contribution is -1.98. The molecule has 0 fully saturated rings. The molecule has 2 aromatic carbocycles. The second-order valence-corrected chi connectivity index (χ2v) is 6.65. The van der Waals surface area contributed by atoms with Gasteiger partial charge in [0.25, 0.3) is 0 Å². The summed E-state index contributed by atoms with van der Waals surface area (Å²) < 4.78 is 5.71. The number of anilines is 1. The lowest BCUT2D eigenvalue weighted by Gasteiger charge is -2.06. The van der Waals surface area contributed by atoms with E-state index in [9.17, 15) is 0 Å². The number of aromatic nitrogens is 2. The normalized spacial score (nSPS) is 10.9. The van der Waals surface area contributed by atoms with Crippen molar-refractivity contribution in [2.45, 2.75) is 26.2 Å². The average molecular weight is 395 g/mol. The molecule has 3 aromatic rings. The molecular weight excluding hydrogens is 372 g/mol. The molecular formula is C22H23ClN4O. The Morgan fingerprint density at radius 1 is 1.04 bits per heavy atom. The van der Waals surface area contributed by atoms with E-state index in [1.165, 1.54) is 12.8 Å². The van der Waals surface area contributed by atoms with Crippen LogP contribution in [-0.2, 0) is 0 Å². The van der Waals surface area contributed by atoms with Gasteiger partial charge < -0.3 is 4.74 Å². The Balaban J connectivity index is 1.59. The third-order valence-corrected chi connectivity index (χ3v) is 4.21.